The van der Waals surface area contributed by atoms with Crippen molar-refractivity contribution in [3.8, 4) is 0 Å². The molecule has 2 aliphatic rings. The Kier molecular flexibility index (Phi) is 3.89. The zero-order valence-electron chi connectivity index (χ0n) is 12.5. The lowest BCUT2D eigenvalue weighted by atomic mass is 9.97. The third kappa shape index (κ3) is 2.94. The van der Waals surface area contributed by atoms with Gasteiger partial charge in [0.15, 0.2) is 0 Å². The van der Waals surface area contributed by atoms with Gasteiger partial charge >= 0.3 is 0 Å². The number of piperidine rings is 1. The average Bonchev–Trinajstić information content (AvgIpc) is 2.38. The van der Waals surface area contributed by atoms with Crippen LogP contribution in [0.15, 0.2) is 6.07 Å². The molecule has 2 aliphatic heterocycles. The summed E-state index contributed by atoms with van der Waals surface area (Å²) in [6.07, 6.45) is 4.07. The Hall–Kier alpha value is -1.20. The number of hydrogen-bond donors (Lipinski definition) is 1. The number of fused-ring (bicyclic) bond motifs is 1. The van der Waals surface area contributed by atoms with E-state index in [1.54, 1.807) is 0 Å². The van der Waals surface area contributed by atoms with Gasteiger partial charge in [-0.05, 0) is 33.2 Å². The van der Waals surface area contributed by atoms with Gasteiger partial charge in [-0.1, -0.05) is 6.42 Å². The van der Waals surface area contributed by atoms with Gasteiger partial charge in [-0.25, -0.2) is 9.97 Å². The molecule has 0 amide bonds. The number of hydrogen-bond acceptors (Lipinski definition) is 5. The summed E-state index contributed by atoms with van der Waals surface area (Å²) >= 11 is 0. The third-order valence-electron chi connectivity index (χ3n) is 4.58. The van der Waals surface area contributed by atoms with E-state index in [1.165, 1.54) is 32.4 Å². The quantitative estimate of drug-likeness (QED) is 0.884. The first-order valence-corrected chi connectivity index (χ1v) is 7.70. The van der Waals surface area contributed by atoms with Crippen molar-refractivity contribution in [1.29, 1.82) is 0 Å². The number of aromatic nitrogens is 2. The van der Waals surface area contributed by atoms with Crippen LogP contribution in [0.2, 0.25) is 0 Å². The van der Waals surface area contributed by atoms with Gasteiger partial charge in [-0.15, -0.1) is 0 Å². The number of rotatable bonds is 2. The van der Waals surface area contributed by atoms with E-state index in [2.05, 4.69) is 26.7 Å². The van der Waals surface area contributed by atoms with Crippen molar-refractivity contribution in [2.45, 2.75) is 51.7 Å². The zero-order chi connectivity index (χ0) is 14.1. The van der Waals surface area contributed by atoms with Gasteiger partial charge in [0.05, 0.1) is 6.54 Å². The lowest BCUT2D eigenvalue weighted by molar-refractivity contribution is 0.00984. The molecule has 0 aliphatic carbocycles. The largest absolute Gasteiger partial charge is 0.384 e. The molecule has 3 rings (SSSR count). The van der Waals surface area contributed by atoms with E-state index in [0.717, 1.165) is 30.6 Å². The molecule has 3 heterocycles. The second-order valence-electron chi connectivity index (χ2n) is 6.27. The molecule has 2 saturated heterocycles. The van der Waals surface area contributed by atoms with E-state index in [1.807, 2.05) is 13.0 Å². The standard InChI is InChI=1S/C15H25N5/c1-11-7-14(16)18-15(17-11)10-20-9-13-5-3-4-6-19(13)8-12(20)2/h7,12-13H,3-6,8-10H2,1-2H3,(H2,16,17,18). The maximum atomic E-state index is 5.83. The van der Waals surface area contributed by atoms with E-state index in [-0.39, 0.29) is 0 Å². The van der Waals surface area contributed by atoms with Gasteiger partial charge in [0.2, 0.25) is 0 Å². The van der Waals surface area contributed by atoms with E-state index >= 15 is 0 Å². The van der Waals surface area contributed by atoms with E-state index in [9.17, 15) is 0 Å². The molecular weight excluding hydrogens is 250 g/mol. The second-order valence-corrected chi connectivity index (χ2v) is 6.27. The van der Waals surface area contributed by atoms with Crippen LogP contribution in [-0.2, 0) is 6.54 Å². The number of nitrogens with two attached hydrogens (primary N) is 1. The third-order valence-corrected chi connectivity index (χ3v) is 4.58. The van der Waals surface area contributed by atoms with Crippen molar-refractivity contribution < 1.29 is 0 Å². The molecule has 2 N–H and O–H groups in total. The summed E-state index contributed by atoms with van der Waals surface area (Å²) in [6.45, 7) is 8.69. The second kappa shape index (κ2) is 5.66. The number of nitrogen functional groups attached to an aromatic ring is 1. The number of anilines is 1. The van der Waals surface area contributed by atoms with Crippen molar-refractivity contribution in [2.24, 2.45) is 0 Å². The van der Waals surface area contributed by atoms with Crippen molar-refractivity contribution in [2.75, 3.05) is 25.4 Å². The van der Waals surface area contributed by atoms with Crippen molar-refractivity contribution >= 4 is 5.82 Å². The van der Waals surface area contributed by atoms with Crippen LogP contribution in [0.1, 0.15) is 37.7 Å². The molecule has 0 spiro atoms. The van der Waals surface area contributed by atoms with Crippen molar-refractivity contribution in [1.82, 2.24) is 19.8 Å². The summed E-state index contributed by atoms with van der Waals surface area (Å²) in [5.41, 5.74) is 6.78. The topological polar surface area (TPSA) is 58.3 Å². The smallest absolute Gasteiger partial charge is 0.144 e. The molecule has 5 heteroatoms. The molecule has 2 atom stereocenters. The summed E-state index contributed by atoms with van der Waals surface area (Å²) in [7, 11) is 0. The molecule has 20 heavy (non-hydrogen) atoms. The van der Waals surface area contributed by atoms with E-state index < -0.39 is 0 Å². The molecule has 0 saturated carbocycles. The Morgan fingerprint density at radius 1 is 1.30 bits per heavy atom. The van der Waals surface area contributed by atoms with Gasteiger partial charge < -0.3 is 5.73 Å². The maximum absolute atomic E-state index is 5.83. The lowest BCUT2D eigenvalue weighted by Gasteiger charge is -2.47. The molecule has 1 aromatic rings. The minimum atomic E-state index is 0.565. The van der Waals surface area contributed by atoms with Crippen LogP contribution in [0.3, 0.4) is 0 Å². The summed E-state index contributed by atoms with van der Waals surface area (Å²) in [4.78, 5) is 14.1. The first-order valence-electron chi connectivity index (χ1n) is 7.70. The predicted molar refractivity (Wildman–Crippen MR) is 80.3 cm³/mol. The summed E-state index contributed by atoms with van der Waals surface area (Å²) < 4.78 is 0. The monoisotopic (exact) mass is 275 g/mol. The van der Waals surface area contributed by atoms with Gasteiger partial charge in [0, 0.05) is 36.9 Å². The average molecular weight is 275 g/mol. The molecule has 2 unspecified atom stereocenters. The highest BCUT2D eigenvalue weighted by Crippen LogP contribution is 2.24. The summed E-state index contributed by atoms with van der Waals surface area (Å²) in [5, 5.41) is 0. The van der Waals surface area contributed by atoms with Gasteiger partial charge in [0.1, 0.15) is 11.6 Å². The van der Waals surface area contributed by atoms with Crippen LogP contribution in [0.5, 0.6) is 0 Å². The fourth-order valence-corrected chi connectivity index (χ4v) is 3.54. The van der Waals surface area contributed by atoms with Crippen molar-refractivity contribution in [3.63, 3.8) is 0 Å². The minimum absolute atomic E-state index is 0.565. The zero-order valence-corrected chi connectivity index (χ0v) is 12.5. The van der Waals surface area contributed by atoms with E-state index in [0.29, 0.717) is 11.9 Å². The summed E-state index contributed by atoms with van der Waals surface area (Å²) in [5.74, 6) is 1.44. The molecule has 0 aromatic carbocycles. The fraction of sp³-hybridized carbons (Fsp3) is 0.733. The number of piperazine rings is 1. The van der Waals surface area contributed by atoms with Crippen molar-refractivity contribution in [3.05, 3.63) is 17.6 Å². The molecular formula is C15H25N5. The van der Waals surface area contributed by atoms with Crippen LogP contribution in [0.25, 0.3) is 0 Å². The summed E-state index contributed by atoms with van der Waals surface area (Å²) in [6, 6.07) is 3.11. The van der Waals surface area contributed by atoms with Crippen LogP contribution in [0, 0.1) is 6.92 Å². The van der Waals surface area contributed by atoms with Crippen LogP contribution in [0.4, 0.5) is 5.82 Å². The number of aryl methyl sites for hydroxylation is 1. The van der Waals surface area contributed by atoms with Gasteiger partial charge in [0.25, 0.3) is 0 Å². The van der Waals surface area contributed by atoms with E-state index in [4.69, 9.17) is 5.73 Å². The Morgan fingerprint density at radius 3 is 2.95 bits per heavy atom. The molecule has 0 bridgehead atoms. The Morgan fingerprint density at radius 2 is 2.15 bits per heavy atom. The molecule has 110 valence electrons. The molecule has 0 radical (unpaired) electrons. The molecule has 5 nitrogen and oxygen atoms in total. The number of nitrogens with zero attached hydrogens (tertiary/aromatic N) is 4. The van der Waals surface area contributed by atoms with Crippen LogP contribution >= 0.6 is 0 Å². The molecule has 1 aromatic heterocycles. The normalized spacial score (nSPS) is 28.3. The van der Waals surface area contributed by atoms with Gasteiger partial charge in [-0.2, -0.15) is 0 Å². The van der Waals surface area contributed by atoms with Crippen LogP contribution < -0.4 is 5.73 Å². The Bertz CT molecular complexity index is 455. The predicted octanol–water partition coefficient (Wildman–Crippen LogP) is 1.43. The van der Waals surface area contributed by atoms with Gasteiger partial charge in [-0.3, -0.25) is 9.80 Å². The highest BCUT2D eigenvalue weighted by Gasteiger charge is 2.33. The van der Waals surface area contributed by atoms with Crippen LogP contribution in [-0.4, -0.2) is 51.5 Å². The highest BCUT2D eigenvalue weighted by molar-refractivity contribution is 5.29. The fourth-order valence-electron chi connectivity index (χ4n) is 3.54. The first kappa shape index (κ1) is 13.8. The minimum Gasteiger partial charge on any atom is -0.384 e. The Balaban J connectivity index is 1.70. The highest BCUT2D eigenvalue weighted by atomic mass is 15.3. The first-order chi connectivity index (χ1) is 9.61. The molecule has 2 fully saturated rings. The Labute approximate surface area is 121 Å². The maximum Gasteiger partial charge on any atom is 0.144 e. The SMILES string of the molecule is Cc1cc(N)nc(CN2CC3CCCCN3CC2C)n1. The lowest BCUT2D eigenvalue weighted by Crippen LogP contribution is -2.58.